The lowest BCUT2D eigenvalue weighted by Crippen LogP contribution is -2.12. The Kier molecular flexibility index (Phi) is 4.45. The number of benzene rings is 2. The van der Waals surface area contributed by atoms with Gasteiger partial charge in [-0.2, -0.15) is 0 Å². The van der Waals surface area contributed by atoms with Crippen molar-refractivity contribution in [2.45, 2.75) is 6.92 Å². The number of anilines is 1. The van der Waals surface area contributed by atoms with Gasteiger partial charge in [-0.3, -0.25) is 4.79 Å². The molecule has 1 amide bonds. The number of phenols is 1. The summed E-state index contributed by atoms with van der Waals surface area (Å²) in [5, 5.41) is 24.1. The van der Waals surface area contributed by atoms with Gasteiger partial charge in [-0.1, -0.05) is 28.9 Å². The molecule has 0 bridgehead atoms. The molecule has 0 aliphatic rings. The summed E-state index contributed by atoms with van der Waals surface area (Å²) in [7, 11) is 0. The third-order valence-electron chi connectivity index (χ3n) is 2.91. The second-order valence-corrected chi connectivity index (χ2v) is 4.79. The second kappa shape index (κ2) is 6.28. The van der Waals surface area contributed by atoms with Crippen molar-refractivity contribution in [2.75, 3.05) is 5.32 Å². The molecular formula is C15H13ClN2O3. The molecule has 3 N–H and O–H groups in total. The maximum absolute atomic E-state index is 12.1. The Bertz CT molecular complexity index is 697. The zero-order valence-electron chi connectivity index (χ0n) is 11.2. The minimum Gasteiger partial charge on any atom is -0.508 e. The molecule has 2 aromatic rings. The number of carbonyl (C=O) groups is 1. The number of halogens is 1. The molecule has 0 heterocycles. The molecule has 6 heteroatoms. The first-order valence-corrected chi connectivity index (χ1v) is 6.48. The van der Waals surface area contributed by atoms with Gasteiger partial charge in [0.1, 0.15) is 5.75 Å². The van der Waals surface area contributed by atoms with E-state index < -0.39 is 5.91 Å². The summed E-state index contributed by atoms with van der Waals surface area (Å²) < 4.78 is 0. The minimum absolute atomic E-state index is 0.0327. The number of nitrogens with one attached hydrogen (secondary N) is 1. The molecule has 5 nitrogen and oxygen atoms in total. The summed E-state index contributed by atoms with van der Waals surface area (Å²) in [4.78, 5) is 12.1. The number of phenolic OH excluding ortho intramolecular Hbond substituents is 1. The van der Waals surface area contributed by atoms with E-state index in [1.165, 1.54) is 18.2 Å². The molecule has 0 atom stereocenters. The van der Waals surface area contributed by atoms with Crippen LogP contribution in [0.25, 0.3) is 0 Å². The Hall–Kier alpha value is -2.53. The van der Waals surface area contributed by atoms with E-state index in [1.807, 2.05) is 0 Å². The molecule has 0 aliphatic heterocycles. The smallest absolute Gasteiger partial charge is 0.257 e. The molecule has 21 heavy (non-hydrogen) atoms. The standard InChI is InChI=1S/C15H13ClN2O3/c1-9(18-21)10-2-4-11(5-3-10)17-15(20)13-8-12(19)6-7-14(13)16/h2-8,19,21H,1H3,(H,17,20)/b18-9-. The van der Waals surface area contributed by atoms with Crippen molar-refractivity contribution in [1.29, 1.82) is 0 Å². The minimum atomic E-state index is -0.420. The van der Waals surface area contributed by atoms with E-state index in [1.54, 1.807) is 31.2 Å². The lowest BCUT2D eigenvalue weighted by Gasteiger charge is -2.08. The Morgan fingerprint density at radius 1 is 1.19 bits per heavy atom. The van der Waals surface area contributed by atoms with Gasteiger partial charge in [0, 0.05) is 5.69 Å². The Morgan fingerprint density at radius 2 is 1.86 bits per heavy atom. The predicted octanol–water partition coefficient (Wildman–Crippen LogP) is 3.50. The van der Waals surface area contributed by atoms with Gasteiger partial charge in [0.25, 0.3) is 5.91 Å². The summed E-state index contributed by atoms with van der Waals surface area (Å²) in [6, 6.07) is 11.0. The maximum atomic E-state index is 12.1. The van der Waals surface area contributed by atoms with Gasteiger partial charge in [-0.15, -0.1) is 0 Å². The van der Waals surface area contributed by atoms with Gasteiger partial charge >= 0.3 is 0 Å². The van der Waals surface area contributed by atoms with E-state index in [2.05, 4.69) is 10.5 Å². The van der Waals surface area contributed by atoms with E-state index in [-0.39, 0.29) is 16.3 Å². The van der Waals surface area contributed by atoms with Crippen LogP contribution in [0.3, 0.4) is 0 Å². The van der Waals surface area contributed by atoms with Crippen LogP contribution in [0.1, 0.15) is 22.8 Å². The largest absolute Gasteiger partial charge is 0.508 e. The molecule has 0 fully saturated rings. The zero-order chi connectivity index (χ0) is 15.4. The van der Waals surface area contributed by atoms with Gasteiger partial charge in [-0.25, -0.2) is 0 Å². The summed E-state index contributed by atoms with van der Waals surface area (Å²) in [5.41, 5.74) is 1.97. The average molecular weight is 305 g/mol. The molecule has 0 aliphatic carbocycles. The van der Waals surface area contributed by atoms with Gasteiger partial charge in [0.15, 0.2) is 0 Å². The van der Waals surface area contributed by atoms with Crippen molar-refractivity contribution in [3.05, 3.63) is 58.6 Å². The van der Waals surface area contributed by atoms with Crippen LogP contribution >= 0.6 is 11.6 Å². The number of amides is 1. The maximum Gasteiger partial charge on any atom is 0.257 e. The van der Waals surface area contributed by atoms with Crippen molar-refractivity contribution in [3.63, 3.8) is 0 Å². The van der Waals surface area contributed by atoms with Crippen LogP contribution in [0.2, 0.25) is 5.02 Å². The van der Waals surface area contributed by atoms with E-state index in [0.717, 1.165) is 5.56 Å². The van der Waals surface area contributed by atoms with E-state index >= 15 is 0 Å². The number of oxime groups is 1. The fourth-order valence-electron chi connectivity index (χ4n) is 1.74. The number of hydrogen-bond donors (Lipinski definition) is 3. The highest BCUT2D eigenvalue weighted by atomic mass is 35.5. The number of hydrogen-bond acceptors (Lipinski definition) is 4. The third kappa shape index (κ3) is 3.52. The molecule has 0 saturated carbocycles. The van der Waals surface area contributed by atoms with Crippen molar-refractivity contribution >= 4 is 28.9 Å². The monoisotopic (exact) mass is 304 g/mol. The van der Waals surface area contributed by atoms with Crippen LogP contribution in [0.5, 0.6) is 5.75 Å². The topological polar surface area (TPSA) is 81.9 Å². The van der Waals surface area contributed by atoms with Crippen LogP contribution in [0.4, 0.5) is 5.69 Å². The van der Waals surface area contributed by atoms with Gasteiger partial charge in [0.2, 0.25) is 0 Å². The van der Waals surface area contributed by atoms with Crippen LogP contribution in [-0.4, -0.2) is 21.9 Å². The lowest BCUT2D eigenvalue weighted by atomic mass is 10.1. The molecule has 0 saturated heterocycles. The molecule has 2 rings (SSSR count). The Morgan fingerprint density at radius 3 is 2.48 bits per heavy atom. The van der Waals surface area contributed by atoms with Crippen LogP contribution in [-0.2, 0) is 0 Å². The first-order valence-electron chi connectivity index (χ1n) is 6.10. The highest BCUT2D eigenvalue weighted by molar-refractivity contribution is 6.34. The van der Waals surface area contributed by atoms with E-state index in [4.69, 9.17) is 16.8 Å². The first kappa shape index (κ1) is 14.9. The number of carbonyl (C=O) groups excluding carboxylic acids is 1. The lowest BCUT2D eigenvalue weighted by molar-refractivity contribution is 0.102. The Balaban J connectivity index is 2.18. The van der Waals surface area contributed by atoms with Crippen molar-refractivity contribution in [1.82, 2.24) is 0 Å². The summed E-state index contributed by atoms with van der Waals surface area (Å²) >= 11 is 5.93. The highest BCUT2D eigenvalue weighted by Crippen LogP contribution is 2.22. The van der Waals surface area contributed by atoms with E-state index in [9.17, 15) is 9.90 Å². The molecule has 0 radical (unpaired) electrons. The number of rotatable bonds is 3. The van der Waals surface area contributed by atoms with Crippen molar-refractivity contribution < 1.29 is 15.1 Å². The number of aromatic hydroxyl groups is 1. The third-order valence-corrected chi connectivity index (χ3v) is 3.23. The van der Waals surface area contributed by atoms with Gasteiger partial charge in [-0.05, 0) is 42.8 Å². The summed E-state index contributed by atoms with van der Waals surface area (Å²) in [6.45, 7) is 1.67. The number of nitrogens with zero attached hydrogens (tertiary/aromatic N) is 1. The molecule has 0 unspecified atom stereocenters. The van der Waals surface area contributed by atoms with Gasteiger partial charge in [0.05, 0.1) is 16.3 Å². The molecule has 108 valence electrons. The fraction of sp³-hybridized carbons (Fsp3) is 0.0667. The van der Waals surface area contributed by atoms with Crippen molar-refractivity contribution in [2.24, 2.45) is 5.16 Å². The molecule has 2 aromatic carbocycles. The highest BCUT2D eigenvalue weighted by Gasteiger charge is 2.11. The summed E-state index contributed by atoms with van der Waals surface area (Å²) in [5.74, 6) is -0.453. The van der Waals surface area contributed by atoms with Crippen LogP contribution in [0.15, 0.2) is 47.6 Å². The average Bonchev–Trinajstić information content (AvgIpc) is 2.49. The molecule has 0 aromatic heterocycles. The van der Waals surface area contributed by atoms with Crippen LogP contribution < -0.4 is 5.32 Å². The SMILES string of the molecule is C/C(=N/O)c1ccc(NC(=O)c2cc(O)ccc2Cl)cc1. The first-order chi connectivity index (χ1) is 10.0. The normalized spacial score (nSPS) is 11.2. The second-order valence-electron chi connectivity index (χ2n) is 4.38. The Labute approximate surface area is 126 Å². The quantitative estimate of drug-likeness (QED) is 0.461. The zero-order valence-corrected chi connectivity index (χ0v) is 11.9. The van der Waals surface area contributed by atoms with Crippen LogP contribution in [0, 0.1) is 0 Å². The predicted molar refractivity (Wildman–Crippen MR) is 81.5 cm³/mol. The van der Waals surface area contributed by atoms with E-state index in [0.29, 0.717) is 11.4 Å². The van der Waals surface area contributed by atoms with Crippen molar-refractivity contribution in [3.8, 4) is 5.75 Å². The fourth-order valence-corrected chi connectivity index (χ4v) is 1.94. The molecule has 0 spiro atoms. The summed E-state index contributed by atoms with van der Waals surface area (Å²) in [6.07, 6.45) is 0. The molecular weight excluding hydrogens is 292 g/mol. The van der Waals surface area contributed by atoms with Gasteiger partial charge < -0.3 is 15.6 Å².